The van der Waals surface area contributed by atoms with Gasteiger partial charge in [-0.2, -0.15) is 0 Å². The van der Waals surface area contributed by atoms with E-state index in [4.69, 9.17) is 20.2 Å². The van der Waals surface area contributed by atoms with Gasteiger partial charge in [0.25, 0.3) is 0 Å². The van der Waals surface area contributed by atoms with E-state index in [2.05, 4.69) is 41.2 Å². The Hall–Kier alpha value is -3.26. The number of anilines is 1. The van der Waals surface area contributed by atoms with Crippen molar-refractivity contribution in [1.82, 2.24) is 19.5 Å². The summed E-state index contributed by atoms with van der Waals surface area (Å²) in [6.45, 7) is 2.68. The van der Waals surface area contributed by atoms with Crippen LogP contribution in [0.2, 0.25) is 0 Å². The molecule has 148 valence electrons. The Kier molecular flexibility index (Phi) is 5.26. The van der Waals surface area contributed by atoms with Gasteiger partial charge in [0.05, 0.1) is 25.7 Å². The molecule has 0 amide bonds. The number of aryl methyl sites for hydroxylation is 1. The Bertz CT molecular complexity index is 1160. The monoisotopic (exact) mass is 407 g/mol. The molecule has 2 aromatic carbocycles. The van der Waals surface area contributed by atoms with Crippen molar-refractivity contribution in [3.63, 3.8) is 0 Å². The second kappa shape index (κ2) is 8.00. The van der Waals surface area contributed by atoms with E-state index in [0.29, 0.717) is 23.5 Å². The predicted octanol–water partition coefficient (Wildman–Crippen LogP) is 3.93. The quantitative estimate of drug-likeness (QED) is 0.518. The first-order valence-electron chi connectivity index (χ1n) is 9.01. The van der Waals surface area contributed by atoms with E-state index in [1.165, 1.54) is 23.7 Å². The first-order chi connectivity index (χ1) is 14.1. The summed E-state index contributed by atoms with van der Waals surface area (Å²) in [4.78, 5) is 14.1. The van der Waals surface area contributed by atoms with Crippen LogP contribution in [0.15, 0.2) is 58.8 Å². The molecule has 4 aromatic rings. The summed E-state index contributed by atoms with van der Waals surface area (Å²) in [7, 11) is 3.28. The fraction of sp³-hybridized carbons (Fsp3) is 0.190. The zero-order valence-corrected chi connectivity index (χ0v) is 17.2. The number of hydrogen-bond acceptors (Lipinski definition) is 7. The molecule has 0 atom stereocenters. The Morgan fingerprint density at radius 3 is 2.55 bits per heavy atom. The van der Waals surface area contributed by atoms with E-state index in [-0.39, 0.29) is 0 Å². The second-order valence-electron chi connectivity index (χ2n) is 6.52. The van der Waals surface area contributed by atoms with Gasteiger partial charge in [0.15, 0.2) is 22.1 Å². The number of aromatic nitrogens is 4. The average molecular weight is 407 g/mol. The number of rotatable bonds is 6. The molecule has 0 bridgehead atoms. The van der Waals surface area contributed by atoms with Crippen molar-refractivity contribution >= 4 is 28.7 Å². The van der Waals surface area contributed by atoms with Crippen LogP contribution in [0.5, 0.6) is 11.5 Å². The minimum absolute atomic E-state index is 0.358. The van der Waals surface area contributed by atoms with E-state index >= 15 is 0 Å². The van der Waals surface area contributed by atoms with E-state index in [0.717, 1.165) is 27.1 Å². The maximum absolute atomic E-state index is 6.07. The molecule has 4 rings (SSSR count). The topological polar surface area (TPSA) is 88.1 Å². The highest BCUT2D eigenvalue weighted by Gasteiger charge is 2.18. The number of methoxy groups -OCH3 is 2. The smallest absolute Gasteiger partial charge is 0.175 e. The molecule has 8 heteroatoms. The van der Waals surface area contributed by atoms with Gasteiger partial charge in [-0.25, -0.2) is 15.0 Å². The van der Waals surface area contributed by atoms with Crippen molar-refractivity contribution in [3.05, 3.63) is 59.9 Å². The van der Waals surface area contributed by atoms with E-state index in [1.807, 2.05) is 22.8 Å². The summed E-state index contributed by atoms with van der Waals surface area (Å²) in [5.74, 6) is 1.84. The number of nitrogen functional groups attached to an aromatic ring is 1. The molecule has 0 fully saturated rings. The lowest BCUT2D eigenvalue weighted by Gasteiger charge is -2.12. The molecule has 0 saturated carbocycles. The number of benzene rings is 2. The maximum Gasteiger partial charge on any atom is 0.175 e. The minimum atomic E-state index is 0.358. The van der Waals surface area contributed by atoms with Crippen molar-refractivity contribution < 1.29 is 9.47 Å². The highest BCUT2D eigenvalue weighted by atomic mass is 32.2. The Morgan fingerprint density at radius 2 is 1.83 bits per heavy atom. The van der Waals surface area contributed by atoms with Gasteiger partial charge in [-0.15, -0.1) is 0 Å². The molecular formula is C21H21N5O2S. The first kappa shape index (κ1) is 19.1. The summed E-state index contributed by atoms with van der Waals surface area (Å²) in [6, 6.07) is 14.1. The van der Waals surface area contributed by atoms with Crippen LogP contribution in [0, 0.1) is 6.92 Å². The Balaban J connectivity index is 1.81. The maximum atomic E-state index is 6.07. The third-order valence-electron chi connectivity index (χ3n) is 4.56. The molecule has 0 aliphatic rings. The zero-order valence-electron chi connectivity index (χ0n) is 16.4. The zero-order chi connectivity index (χ0) is 20.4. The predicted molar refractivity (Wildman–Crippen MR) is 114 cm³/mol. The van der Waals surface area contributed by atoms with E-state index in [9.17, 15) is 0 Å². The van der Waals surface area contributed by atoms with Crippen molar-refractivity contribution in [2.24, 2.45) is 0 Å². The molecule has 29 heavy (non-hydrogen) atoms. The second-order valence-corrected chi connectivity index (χ2v) is 7.53. The largest absolute Gasteiger partial charge is 0.497 e. The summed E-state index contributed by atoms with van der Waals surface area (Å²) in [5, 5.41) is 0.749. The Morgan fingerprint density at radius 1 is 1.03 bits per heavy atom. The number of nitrogens with two attached hydrogens (primary N) is 1. The summed E-state index contributed by atoms with van der Waals surface area (Å²) < 4.78 is 12.9. The molecule has 0 radical (unpaired) electrons. The number of hydrogen-bond donors (Lipinski definition) is 1. The first-order valence-corrected chi connectivity index (χ1v) is 9.83. The van der Waals surface area contributed by atoms with Gasteiger partial charge in [0.2, 0.25) is 0 Å². The standard InChI is InChI=1S/C21H21N5O2S/c1-13-4-6-14(7-5-13)11-26-20-18(19(22)23-12-24-20)25-21(26)29-17-10-15(27-2)8-9-16(17)28-3/h4-10,12H,11H2,1-3H3,(H2,22,23,24). The lowest BCUT2D eigenvalue weighted by atomic mass is 10.1. The average Bonchev–Trinajstić information content (AvgIpc) is 3.08. The summed E-state index contributed by atoms with van der Waals surface area (Å²) in [5.41, 5.74) is 9.71. The van der Waals surface area contributed by atoms with Crippen LogP contribution in [0.1, 0.15) is 11.1 Å². The van der Waals surface area contributed by atoms with Crippen LogP contribution < -0.4 is 15.2 Å². The normalized spacial score (nSPS) is 11.0. The van der Waals surface area contributed by atoms with Gasteiger partial charge < -0.3 is 15.2 Å². The van der Waals surface area contributed by atoms with E-state index in [1.54, 1.807) is 14.2 Å². The van der Waals surface area contributed by atoms with Gasteiger partial charge in [-0.1, -0.05) is 29.8 Å². The molecule has 0 saturated heterocycles. The number of fused-ring (bicyclic) bond motifs is 1. The molecule has 2 N–H and O–H groups in total. The van der Waals surface area contributed by atoms with Crippen molar-refractivity contribution in [3.8, 4) is 11.5 Å². The lowest BCUT2D eigenvalue weighted by Crippen LogP contribution is -2.03. The van der Waals surface area contributed by atoms with Gasteiger partial charge in [-0.3, -0.25) is 4.57 Å². The Labute approximate surface area is 172 Å². The van der Waals surface area contributed by atoms with E-state index < -0.39 is 0 Å². The molecule has 7 nitrogen and oxygen atoms in total. The third kappa shape index (κ3) is 3.84. The number of imidazole rings is 1. The molecule has 0 aliphatic heterocycles. The molecule has 2 aromatic heterocycles. The number of nitrogens with zero attached hydrogens (tertiary/aromatic N) is 4. The fourth-order valence-corrected chi connectivity index (χ4v) is 4.01. The van der Waals surface area contributed by atoms with Crippen molar-refractivity contribution in [1.29, 1.82) is 0 Å². The summed E-state index contributed by atoms with van der Waals surface area (Å²) >= 11 is 1.48. The molecule has 0 unspecified atom stereocenters. The van der Waals surface area contributed by atoms with Crippen LogP contribution in [0.4, 0.5) is 5.82 Å². The highest BCUT2D eigenvalue weighted by Crippen LogP contribution is 2.38. The van der Waals surface area contributed by atoms with Crippen LogP contribution in [-0.2, 0) is 6.54 Å². The van der Waals surface area contributed by atoms with Gasteiger partial charge in [-0.05, 0) is 42.4 Å². The van der Waals surface area contributed by atoms with Crippen LogP contribution >= 0.6 is 11.8 Å². The van der Waals surface area contributed by atoms with Gasteiger partial charge in [0.1, 0.15) is 17.8 Å². The molecule has 0 spiro atoms. The molecular weight excluding hydrogens is 386 g/mol. The summed E-state index contributed by atoms with van der Waals surface area (Å²) in [6.07, 6.45) is 1.46. The molecule has 0 aliphatic carbocycles. The SMILES string of the molecule is COc1ccc(OC)c(Sc2nc3c(N)ncnc3n2Cc2ccc(C)cc2)c1. The fourth-order valence-electron chi connectivity index (χ4n) is 2.99. The van der Waals surface area contributed by atoms with Crippen LogP contribution in [-0.4, -0.2) is 33.7 Å². The molecule has 2 heterocycles. The van der Waals surface area contributed by atoms with Crippen molar-refractivity contribution in [2.75, 3.05) is 20.0 Å². The lowest BCUT2D eigenvalue weighted by molar-refractivity contribution is 0.394. The third-order valence-corrected chi connectivity index (χ3v) is 5.59. The van der Waals surface area contributed by atoms with Crippen molar-refractivity contribution in [2.45, 2.75) is 23.5 Å². The van der Waals surface area contributed by atoms with Gasteiger partial charge in [0, 0.05) is 0 Å². The van der Waals surface area contributed by atoms with Crippen LogP contribution in [0.25, 0.3) is 11.2 Å². The highest BCUT2D eigenvalue weighted by molar-refractivity contribution is 7.99. The minimum Gasteiger partial charge on any atom is -0.497 e. The number of ether oxygens (including phenoxy) is 2. The van der Waals surface area contributed by atoms with Crippen LogP contribution in [0.3, 0.4) is 0 Å². The van der Waals surface area contributed by atoms with Gasteiger partial charge >= 0.3 is 0 Å².